The summed E-state index contributed by atoms with van der Waals surface area (Å²) in [5.41, 5.74) is 2.64. The topological polar surface area (TPSA) is 56.9 Å². The maximum atomic E-state index is 10.8. The van der Waals surface area contributed by atoms with E-state index >= 15 is 0 Å². The van der Waals surface area contributed by atoms with Gasteiger partial charge in [0.1, 0.15) is 6.33 Å². The molecule has 1 unspecified atom stereocenters. The van der Waals surface area contributed by atoms with Crippen LogP contribution in [0.15, 0.2) is 30.6 Å². The van der Waals surface area contributed by atoms with Crippen molar-refractivity contribution in [2.45, 2.75) is 32.2 Å². The van der Waals surface area contributed by atoms with Crippen LogP contribution in [-0.4, -0.2) is 62.7 Å². The van der Waals surface area contributed by atoms with Gasteiger partial charge in [0.15, 0.2) is 0 Å². The first-order valence-corrected chi connectivity index (χ1v) is 10.2. The van der Waals surface area contributed by atoms with Crippen molar-refractivity contribution in [1.29, 1.82) is 0 Å². The summed E-state index contributed by atoms with van der Waals surface area (Å²) in [4.78, 5) is 10.7. The van der Waals surface area contributed by atoms with Crippen molar-refractivity contribution >= 4 is 16.3 Å². The number of hydrogen-bond donors (Lipinski definition) is 1. The van der Waals surface area contributed by atoms with Gasteiger partial charge in [-0.2, -0.15) is 9.61 Å². The van der Waals surface area contributed by atoms with Crippen LogP contribution in [0, 0.1) is 0 Å². The number of aromatic nitrogens is 3. The van der Waals surface area contributed by atoms with Crippen LogP contribution in [-0.2, 0) is 5.41 Å². The SMILES string of the molecule is CN1CCN(C(c2ccc(C(C)(C)C)cc2)c2sc3ncnn3c2O)CC1. The molecule has 1 aliphatic heterocycles. The number of piperazine rings is 1. The molecule has 3 aromatic rings. The summed E-state index contributed by atoms with van der Waals surface area (Å²) in [6.07, 6.45) is 1.48. The third-order valence-corrected chi connectivity index (χ3v) is 6.47. The predicted octanol–water partition coefficient (Wildman–Crippen LogP) is 3.13. The summed E-state index contributed by atoms with van der Waals surface area (Å²) in [5.74, 6) is 0.205. The molecule has 4 rings (SSSR count). The molecule has 0 saturated carbocycles. The molecule has 1 fully saturated rings. The van der Waals surface area contributed by atoms with Gasteiger partial charge in [0, 0.05) is 26.2 Å². The van der Waals surface area contributed by atoms with E-state index in [2.05, 4.69) is 72.0 Å². The first kappa shape index (κ1) is 18.4. The van der Waals surface area contributed by atoms with Crippen molar-refractivity contribution in [3.05, 3.63) is 46.6 Å². The molecule has 1 N–H and O–H groups in total. The largest absolute Gasteiger partial charge is 0.492 e. The van der Waals surface area contributed by atoms with E-state index in [0.717, 1.165) is 36.0 Å². The zero-order valence-electron chi connectivity index (χ0n) is 16.4. The van der Waals surface area contributed by atoms with Crippen molar-refractivity contribution < 1.29 is 5.11 Å². The Labute approximate surface area is 164 Å². The van der Waals surface area contributed by atoms with Crippen LogP contribution in [0.2, 0.25) is 0 Å². The second kappa shape index (κ2) is 6.89. The lowest BCUT2D eigenvalue weighted by Crippen LogP contribution is -2.46. The van der Waals surface area contributed by atoms with Gasteiger partial charge in [0.2, 0.25) is 10.8 Å². The second-order valence-electron chi connectivity index (χ2n) is 8.36. The van der Waals surface area contributed by atoms with Crippen molar-refractivity contribution in [2.75, 3.05) is 33.2 Å². The van der Waals surface area contributed by atoms with Crippen LogP contribution in [0.3, 0.4) is 0 Å². The molecule has 0 spiro atoms. The molecule has 2 aromatic heterocycles. The van der Waals surface area contributed by atoms with E-state index < -0.39 is 0 Å². The highest BCUT2D eigenvalue weighted by Gasteiger charge is 2.31. The van der Waals surface area contributed by atoms with E-state index in [0.29, 0.717) is 0 Å². The Hall–Kier alpha value is -1.96. The molecule has 0 aliphatic carbocycles. The molecule has 3 heterocycles. The summed E-state index contributed by atoms with van der Waals surface area (Å²) in [6, 6.07) is 8.86. The lowest BCUT2D eigenvalue weighted by molar-refractivity contribution is 0.127. The van der Waals surface area contributed by atoms with Crippen molar-refractivity contribution in [2.24, 2.45) is 0 Å². The Kier molecular flexibility index (Phi) is 4.70. The Bertz CT molecular complexity index is 916. The normalized spacial score (nSPS) is 18.2. The van der Waals surface area contributed by atoms with Gasteiger partial charge in [0.05, 0.1) is 10.9 Å². The molecular weight excluding hydrogens is 358 g/mol. The summed E-state index contributed by atoms with van der Waals surface area (Å²) in [5, 5.41) is 15.0. The summed E-state index contributed by atoms with van der Waals surface area (Å²) in [6.45, 7) is 10.7. The van der Waals surface area contributed by atoms with Crippen molar-refractivity contribution in [1.82, 2.24) is 24.4 Å². The average Bonchev–Trinajstić information content (AvgIpc) is 3.20. The van der Waals surface area contributed by atoms with E-state index in [9.17, 15) is 5.11 Å². The van der Waals surface area contributed by atoms with Crippen molar-refractivity contribution in [3.8, 4) is 5.88 Å². The number of aromatic hydroxyl groups is 1. The molecule has 1 saturated heterocycles. The molecule has 6 nitrogen and oxygen atoms in total. The number of thiazole rings is 1. The standard InChI is InChI=1S/C20H27N5OS/c1-20(2,3)15-7-5-14(6-8-15)16(24-11-9-23(4)10-12-24)17-18(26)25-19(27-17)21-13-22-25/h5-8,13,16,26H,9-12H2,1-4H3. The minimum Gasteiger partial charge on any atom is -0.492 e. The van der Waals surface area contributed by atoms with E-state index in [4.69, 9.17) is 0 Å². The first-order chi connectivity index (χ1) is 12.8. The third-order valence-electron chi connectivity index (χ3n) is 5.38. The number of benzene rings is 1. The van der Waals surface area contributed by atoms with Gasteiger partial charge in [-0.1, -0.05) is 56.4 Å². The third kappa shape index (κ3) is 3.47. The monoisotopic (exact) mass is 385 g/mol. The van der Waals surface area contributed by atoms with Crippen LogP contribution >= 0.6 is 11.3 Å². The summed E-state index contributed by atoms with van der Waals surface area (Å²) in [7, 11) is 2.16. The van der Waals surface area contributed by atoms with Gasteiger partial charge in [-0.25, -0.2) is 4.98 Å². The van der Waals surface area contributed by atoms with E-state index in [1.54, 1.807) is 0 Å². The molecule has 144 valence electrons. The van der Waals surface area contributed by atoms with Gasteiger partial charge in [-0.15, -0.1) is 0 Å². The molecule has 0 amide bonds. The Morgan fingerprint density at radius 2 is 1.74 bits per heavy atom. The number of hydrogen-bond acceptors (Lipinski definition) is 6. The fourth-order valence-electron chi connectivity index (χ4n) is 3.65. The quantitative estimate of drug-likeness (QED) is 0.751. The lowest BCUT2D eigenvalue weighted by Gasteiger charge is -2.37. The number of nitrogens with zero attached hydrogens (tertiary/aromatic N) is 5. The van der Waals surface area contributed by atoms with E-state index in [1.165, 1.54) is 33.3 Å². The van der Waals surface area contributed by atoms with Crippen LogP contribution in [0.4, 0.5) is 0 Å². The van der Waals surface area contributed by atoms with Crippen LogP contribution in [0.5, 0.6) is 5.88 Å². The van der Waals surface area contributed by atoms with Gasteiger partial charge < -0.3 is 10.0 Å². The number of rotatable bonds is 3. The highest BCUT2D eigenvalue weighted by molar-refractivity contribution is 7.17. The maximum Gasteiger partial charge on any atom is 0.230 e. The van der Waals surface area contributed by atoms with Gasteiger partial charge >= 0.3 is 0 Å². The zero-order valence-corrected chi connectivity index (χ0v) is 17.2. The average molecular weight is 386 g/mol. The highest BCUT2D eigenvalue weighted by atomic mass is 32.1. The molecule has 1 aliphatic rings. The number of fused-ring (bicyclic) bond motifs is 1. The molecule has 0 radical (unpaired) electrons. The van der Waals surface area contributed by atoms with Crippen molar-refractivity contribution in [3.63, 3.8) is 0 Å². The van der Waals surface area contributed by atoms with Crippen LogP contribution in [0.25, 0.3) is 4.96 Å². The number of likely N-dealkylation sites (N-methyl/N-ethyl adjacent to an activating group) is 1. The Morgan fingerprint density at radius 1 is 1.07 bits per heavy atom. The van der Waals surface area contributed by atoms with Crippen LogP contribution in [0.1, 0.15) is 42.8 Å². The van der Waals surface area contributed by atoms with E-state index in [-0.39, 0.29) is 17.3 Å². The Balaban J connectivity index is 1.76. The Morgan fingerprint density at radius 3 is 2.33 bits per heavy atom. The van der Waals surface area contributed by atoms with E-state index in [1.807, 2.05) is 0 Å². The summed E-state index contributed by atoms with van der Waals surface area (Å²) < 4.78 is 1.53. The smallest absolute Gasteiger partial charge is 0.230 e. The fraction of sp³-hybridized carbons (Fsp3) is 0.500. The van der Waals surface area contributed by atoms with Gasteiger partial charge in [-0.05, 0) is 23.6 Å². The molecule has 1 atom stereocenters. The van der Waals surface area contributed by atoms with Crippen LogP contribution < -0.4 is 0 Å². The predicted molar refractivity (Wildman–Crippen MR) is 109 cm³/mol. The second-order valence-corrected chi connectivity index (χ2v) is 9.37. The maximum absolute atomic E-state index is 10.8. The molecule has 0 bridgehead atoms. The minimum absolute atomic E-state index is 0.0150. The van der Waals surface area contributed by atoms with Gasteiger partial charge in [0.25, 0.3) is 0 Å². The zero-order chi connectivity index (χ0) is 19.2. The highest BCUT2D eigenvalue weighted by Crippen LogP contribution is 2.40. The summed E-state index contributed by atoms with van der Waals surface area (Å²) >= 11 is 1.52. The lowest BCUT2D eigenvalue weighted by atomic mass is 9.86. The molecule has 27 heavy (non-hydrogen) atoms. The molecule has 1 aromatic carbocycles. The fourth-order valence-corrected chi connectivity index (χ4v) is 4.74. The van der Waals surface area contributed by atoms with Gasteiger partial charge in [-0.3, -0.25) is 4.90 Å². The minimum atomic E-state index is 0.0150. The molecular formula is C20H27N5OS. The first-order valence-electron chi connectivity index (χ1n) is 9.39. The molecule has 7 heteroatoms.